The Balaban J connectivity index is 1.19. The van der Waals surface area contributed by atoms with Crippen molar-refractivity contribution in [2.45, 2.75) is 83.3 Å². The Morgan fingerprint density at radius 1 is 1.00 bits per heavy atom. The molecule has 47 heavy (non-hydrogen) atoms. The quantitative estimate of drug-likeness (QED) is 0.238. The minimum atomic E-state index is -0.948. The molecule has 0 unspecified atom stereocenters. The molecule has 0 atom stereocenters. The predicted molar refractivity (Wildman–Crippen MR) is 179 cm³/mol. The van der Waals surface area contributed by atoms with Crippen molar-refractivity contribution in [2.24, 2.45) is 5.41 Å². The molecule has 8 rings (SSSR count). The number of carbonyl (C=O) groups is 1. The third-order valence-corrected chi connectivity index (χ3v) is 11.0. The summed E-state index contributed by atoms with van der Waals surface area (Å²) < 4.78 is 30.3. The number of rotatable bonds is 6. The first-order valence-corrected chi connectivity index (χ1v) is 16.9. The van der Waals surface area contributed by atoms with Crippen molar-refractivity contribution in [3.8, 4) is 11.3 Å². The SMILES string of the molecule is CC(C)n1cnc2cc(-c3ccc4c(c3)N([C@H]3C[C@@H](N5CCC(C)(C)C5)C3)C(=O)C43CCNCC3)nc(Nc3ccc(F)nc3F)c21. The van der Waals surface area contributed by atoms with E-state index in [2.05, 4.69) is 56.4 Å². The molecule has 4 aromatic rings. The normalized spacial score (nSPS) is 23.6. The topological polar surface area (TPSA) is 91.2 Å². The summed E-state index contributed by atoms with van der Waals surface area (Å²) in [6.45, 7) is 12.6. The summed E-state index contributed by atoms with van der Waals surface area (Å²) in [5, 5.41) is 6.52. The zero-order chi connectivity index (χ0) is 32.7. The molecule has 2 saturated heterocycles. The van der Waals surface area contributed by atoms with Gasteiger partial charge >= 0.3 is 0 Å². The molecule has 9 nitrogen and oxygen atoms in total. The summed E-state index contributed by atoms with van der Waals surface area (Å²) in [5.41, 5.74) is 4.87. The number of nitrogens with zero attached hydrogens (tertiary/aromatic N) is 6. The first kappa shape index (κ1) is 30.4. The molecule has 1 aromatic carbocycles. The lowest BCUT2D eigenvalue weighted by atomic mass is 9.74. The number of carbonyl (C=O) groups excluding carboxylic acids is 1. The Morgan fingerprint density at radius 3 is 2.49 bits per heavy atom. The summed E-state index contributed by atoms with van der Waals surface area (Å²) in [7, 11) is 0. The molecule has 0 bridgehead atoms. The van der Waals surface area contributed by atoms with E-state index in [4.69, 9.17) is 4.98 Å². The number of halogens is 2. The van der Waals surface area contributed by atoms with Gasteiger partial charge in [0, 0.05) is 35.9 Å². The fraction of sp³-hybridized carbons (Fsp3) is 0.500. The molecule has 246 valence electrons. The maximum Gasteiger partial charge on any atom is 0.239 e. The zero-order valence-electron chi connectivity index (χ0n) is 27.5. The van der Waals surface area contributed by atoms with Gasteiger partial charge in [0.25, 0.3) is 0 Å². The zero-order valence-corrected chi connectivity index (χ0v) is 27.5. The van der Waals surface area contributed by atoms with Crippen LogP contribution in [0, 0.1) is 17.3 Å². The lowest BCUT2D eigenvalue weighted by Gasteiger charge is -2.46. The van der Waals surface area contributed by atoms with Crippen LogP contribution in [0.2, 0.25) is 0 Å². The maximum absolute atomic E-state index is 14.7. The van der Waals surface area contributed by atoms with Gasteiger partial charge in [0.15, 0.2) is 5.82 Å². The monoisotopic (exact) mass is 640 g/mol. The molecule has 6 heterocycles. The molecule has 11 heteroatoms. The van der Waals surface area contributed by atoms with Crippen molar-refractivity contribution in [3.05, 3.63) is 60.2 Å². The van der Waals surface area contributed by atoms with Gasteiger partial charge in [-0.15, -0.1) is 0 Å². The fourth-order valence-electron chi connectivity index (χ4n) is 8.30. The summed E-state index contributed by atoms with van der Waals surface area (Å²) in [6, 6.07) is 11.4. The largest absolute Gasteiger partial charge is 0.335 e. The van der Waals surface area contributed by atoms with Gasteiger partial charge in [-0.25, -0.2) is 9.97 Å². The van der Waals surface area contributed by atoms with Crippen LogP contribution in [0.1, 0.15) is 71.4 Å². The lowest BCUT2D eigenvalue weighted by molar-refractivity contribution is -0.125. The Labute approximate surface area is 273 Å². The Bertz CT molecular complexity index is 1870. The average Bonchev–Trinajstić information content (AvgIpc) is 3.68. The Hall–Kier alpha value is -3.96. The van der Waals surface area contributed by atoms with E-state index >= 15 is 0 Å². The predicted octanol–water partition coefficient (Wildman–Crippen LogP) is 6.33. The van der Waals surface area contributed by atoms with Gasteiger partial charge in [0.1, 0.15) is 5.52 Å². The smallest absolute Gasteiger partial charge is 0.239 e. The van der Waals surface area contributed by atoms with Gasteiger partial charge in [-0.2, -0.15) is 13.8 Å². The maximum atomic E-state index is 14.7. The van der Waals surface area contributed by atoms with Crippen molar-refractivity contribution < 1.29 is 13.6 Å². The molecular weight excluding hydrogens is 598 g/mol. The van der Waals surface area contributed by atoms with E-state index in [9.17, 15) is 13.6 Å². The van der Waals surface area contributed by atoms with Crippen LogP contribution < -0.4 is 15.5 Å². The van der Waals surface area contributed by atoms with Crippen LogP contribution in [0.3, 0.4) is 0 Å². The highest BCUT2D eigenvalue weighted by Gasteiger charge is 2.55. The molecule has 1 saturated carbocycles. The molecule has 2 N–H and O–H groups in total. The van der Waals surface area contributed by atoms with E-state index in [0.29, 0.717) is 34.0 Å². The third-order valence-electron chi connectivity index (χ3n) is 11.0. The molecule has 1 aliphatic carbocycles. The van der Waals surface area contributed by atoms with Crippen molar-refractivity contribution in [2.75, 3.05) is 36.4 Å². The fourth-order valence-corrected chi connectivity index (χ4v) is 8.30. The van der Waals surface area contributed by atoms with Crippen LogP contribution in [0.15, 0.2) is 42.7 Å². The second-order valence-corrected chi connectivity index (χ2v) is 15.0. The Morgan fingerprint density at radius 2 is 1.79 bits per heavy atom. The highest BCUT2D eigenvalue weighted by Crippen LogP contribution is 2.52. The van der Waals surface area contributed by atoms with Crippen LogP contribution in [0.4, 0.5) is 26.0 Å². The molecule has 1 amide bonds. The number of imidazole rings is 1. The summed E-state index contributed by atoms with van der Waals surface area (Å²) in [6.07, 6.45) is 6.52. The number of likely N-dealkylation sites (tertiary alicyclic amines) is 1. The average molecular weight is 641 g/mol. The highest BCUT2D eigenvalue weighted by molar-refractivity contribution is 6.09. The summed E-state index contributed by atoms with van der Waals surface area (Å²) >= 11 is 0. The van der Waals surface area contributed by atoms with Gasteiger partial charge in [-0.05, 0) is 101 Å². The number of aromatic nitrogens is 4. The van der Waals surface area contributed by atoms with Crippen molar-refractivity contribution >= 4 is 34.1 Å². The number of fused-ring (bicyclic) bond motifs is 3. The number of nitrogens with one attached hydrogen (secondary N) is 2. The molecule has 1 spiro atoms. The van der Waals surface area contributed by atoms with Crippen LogP contribution >= 0.6 is 0 Å². The van der Waals surface area contributed by atoms with E-state index in [-0.39, 0.29) is 23.7 Å². The summed E-state index contributed by atoms with van der Waals surface area (Å²) in [4.78, 5) is 32.2. The molecule has 0 radical (unpaired) electrons. The van der Waals surface area contributed by atoms with Gasteiger partial charge in [-0.1, -0.05) is 26.0 Å². The van der Waals surface area contributed by atoms with Gasteiger partial charge in [0.05, 0.1) is 28.6 Å². The minimum Gasteiger partial charge on any atom is -0.335 e. The first-order chi connectivity index (χ1) is 22.5. The molecule has 3 aliphatic heterocycles. The number of anilines is 3. The second kappa shape index (κ2) is 11.1. The van der Waals surface area contributed by atoms with Gasteiger partial charge in [0.2, 0.25) is 17.8 Å². The Kier molecular flexibility index (Phi) is 7.14. The van der Waals surface area contributed by atoms with E-state index in [0.717, 1.165) is 74.7 Å². The van der Waals surface area contributed by atoms with Crippen molar-refractivity contribution in [1.29, 1.82) is 0 Å². The first-order valence-electron chi connectivity index (χ1n) is 16.9. The third kappa shape index (κ3) is 5.01. The summed E-state index contributed by atoms with van der Waals surface area (Å²) in [5.74, 6) is -1.21. The number of benzene rings is 1. The van der Waals surface area contributed by atoms with Crippen LogP contribution in [0.25, 0.3) is 22.3 Å². The molecular formula is C36H42F2N8O. The van der Waals surface area contributed by atoms with Crippen LogP contribution in [-0.4, -0.2) is 68.6 Å². The minimum absolute atomic E-state index is 0.0216. The van der Waals surface area contributed by atoms with E-state index < -0.39 is 17.3 Å². The lowest BCUT2D eigenvalue weighted by Crippen LogP contribution is -2.57. The molecule has 4 aliphatic rings. The standard InChI is InChI=1S/C36H42F2N8O/c1-21(2)45-20-40-28-18-27(42-33(31(28)45)41-26-7-8-30(37)43-32(26)38)22-5-6-25-29(15-22)46(34(47)36(25)9-12-39-13-10-36)24-16-23(17-24)44-14-11-35(3,4)19-44/h5-8,15,18,20-21,23-24,39H,9-14,16-17,19H2,1-4H3,(H,41,42)/t23-,24+. The van der Waals surface area contributed by atoms with Gasteiger partial charge < -0.3 is 20.1 Å². The number of hydrogen-bond donors (Lipinski definition) is 2. The number of piperidine rings is 1. The van der Waals surface area contributed by atoms with Crippen molar-refractivity contribution in [3.63, 3.8) is 0 Å². The van der Waals surface area contributed by atoms with Gasteiger partial charge in [-0.3, -0.25) is 9.69 Å². The number of pyridine rings is 2. The number of hydrogen-bond acceptors (Lipinski definition) is 7. The number of amides is 1. The van der Waals surface area contributed by atoms with Crippen LogP contribution in [0.5, 0.6) is 0 Å². The van der Waals surface area contributed by atoms with Crippen molar-refractivity contribution in [1.82, 2.24) is 29.7 Å². The second-order valence-electron chi connectivity index (χ2n) is 15.0. The van der Waals surface area contributed by atoms with E-state index in [1.54, 1.807) is 6.33 Å². The molecule has 3 fully saturated rings. The van der Waals surface area contributed by atoms with E-state index in [1.165, 1.54) is 12.5 Å². The highest BCUT2D eigenvalue weighted by atomic mass is 19.1. The van der Waals surface area contributed by atoms with E-state index in [1.807, 2.05) is 30.5 Å². The van der Waals surface area contributed by atoms with Crippen LogP contribution in [-0.2, 0) is 10.2 Å². The molecule has 3 aromatic heterocycles.